The molecule has 0 radical (unpaired) electrons. The Kier molecular flexibility index (Phi) is 4.92. The zero-order valence-electron chi connectivity index (χ0n) is 11.0. The van der Waals surface area contributed by atoms with Gasteiger partial charge in [-0.05, 0) is 13.0 Å². The number of carbonyl (C=O) groups excluding carboxylic acids is 2. The molecule has 1 aromatic heterocycles. The molecule has 0 bridgehead atoms. The van der Waals surface area contributed by atoms with E-state index in [-0.39, 0.29) is 12.1 Å². The number of rotatable bonds is 4. The summed E-state index contributed by atoms with van der Waals surface area (Å²) in [5.74, 6) is 0.484. The second kappa shape index (κ2) is 6.26. The van der Waals surface area contributed by atoms with Crippen molar-refractivity contribution in [3.63, 3.8) is 0 Å². The number of nitrogens with zero attached hydrogens (tertiary/aromatic N) is 2. The predicted octanol–water partition coefficient (Wildman–Crippen LogP) is 1.05. The molecule has 0 saturated heterocycles. The molecule has 1 atom stereocenters. The van der Waals surface area contributed by atoms with Gasteiger partial charge in [0.1, 0.15) is 6.04 Å². The summed E-state index contributed by atoms with van der Waals surface area (Å²) in [4.78, 5) is 27.6. The van der Waals surface area contributed by atoms with Gasteiger partial charge >= 0.3 is 6.18 Å². The van der Waals surface area contributed by atoms with Crippen LogP contribution in [0.25, 0.3) is 0 Å². The highest BCUT2D eigenvalue weighted by atomic mass is 19.4. The molecule has 0 aromatic carbocycles. The van der Waals surface area contributed by atoms with Crippen molar-refractivity contribution in [1.82, 2.24) is 9.88 Å². The van der Waals surface area contributed by atoms with Gasteiger partial charge in [-0.3, -0.25) is 14.6 Å². The third kappa shape index (κ3) is 3.95. The molecule has 8 heteroatoms. The fourth-order valence-electron chi connectivity index (χ4n) is 1.51. The van der Waals surface area contributed by atoms with Gasteiger partial charge in [-0.1, -0.05) is 5.92 Å². The first-order chi connectivity index (χ1) is 9.68. The molecule has 21 heavy (non-hydrogen) atoms. The molecule has 1 rings (SSSR count). The largest absolute Gasteiger partial charge is 0.417 e. The number of nitrogens with two attached hydrogens (primary N) is 1. The van der Waals surface area contributed by atoms with Crippen LogP contribution in [0.2, 0.25) is 0 Å². The molecule has 0 saturated carbocycles. The van der Waals surface area contributed by atoms with Gasteiger partial charge in [0.15, 0.2) is 0 Å². The summed E-state index contributed by atoms with van der Waals surface area (Å²) in [6, 6.07) is -0.407. The maximum atomic E-state index is 12.6. The number of aromatic nitrogens is 1. The van der Waals surface area contributed by atoms with Crippen LogP contribution in [0.5, 0.6) is 0 Å². The lowest BCUT2D eigenvalue weighted by atomic mass is 10.1. The van der Waals surface area contributed by atoms with Crippen LogP contribution >= 0.6 is 0 Å². The molecule has 1 unspecified atom stereocenters. The van der Waals surface area contributed by atoms with Crippen LogP contribution in [0.3, 0.4) is 0 Å². The molecule has 0 aliphatic rings. The molecule has 0 fully saturated rings. The molecule has 0 spiro atoms. The number of halogens is 3. The number of alkyl halides is 3. The highest BCUT2D eigenvalue weighted by molar-refractivity contribution is 5.97. The fourth-order valence-corrected chi connectivity index (χ4v) is 1.51. The number of terminal acetylenes is 1. The van der Waals surface area contributed by atoms with Crippen LogP contribution < -0.4 is 5.73 Å². The van der Waals surface area contributed by atoms with Gasteiger partial charge in [-0.2, -0.15) is 13.2 Å². The summed E-state index contributed by atoms with van der Waals surface area (Å²) < 4.78 is 37.8. The van der Waals surface area contributed by atoms with E-state index in [0.29, 0.717) is 12.3 Å². The first-order valence-electron chi connectivity index (χ1n) is 5.74. The van der Waals surface area contributed by atoms with Crippen molar-refractivity contribution in [2.75, 3.05) is 6.54 Å². The molecular weight excluding hydrogens is 287 g/mol. The minimum Gasteiger partial charge on any atom is -0.368 e. The van der Waals surface area contributed by atoms with Crippen LogP contribution in [-0.4, -0.2) is 34.3 Å². The Morgan fingerprint density at radius 1 is 1.48 bits per heavy atom. The van der Waals surface area contributed by atoms with Crippen molar-refractivity contribution in [2.24, 2.45) is 5.73 Å². The van der Waals surface area contributed by atoms with E-state index < -0.39 is 29.6 Å². The van der Waals surface area contributed by atoms with Crippen LogP contribution in [0.4, 0.5) is 13.2 Å². The highest BCUT2D eigenvalue weighted by Gasteiger charge is 2.32. The number of pyridine rings is 1. The van der Waals surface area contributed by atoms with Crippen molar-refractivity contribution < 1.29 is 22.8 Å². The van der Waals surface area contributed by atoms with Gasteiger partial charge in [-0.25, -0.2) is 0 Å². The summed E-state index contributed by atoms with van der Waals surface area (Å²) in [7, 11) is 0. The lowest BCUT2D eigenvalue weighted by Gasteiger charge is -2.25. The summed E-state index contributed by atoms with van der Waals surface area (Å²) in [6.07, 6.45) is 2.03. The molecule has 2 N–H and O–H groups in total. The number of hydrogen-bond donors (Lipinski definition) is 1. The fraction of sp³-hybridized carbons (Fsp3) is 0.308. The molecule has 5 nitrogen and oxygen atoms in total. The molecule has 2 amide bonds. The standard InChI is InChI=1S/C13H12F3N3O2/c1-3-4-19(8(2)11(17)20)12(21)9-5-10(7-18-6-9)13(14,15)16/h1,5-8H,4H2,2H3,(H2,17,20). The van der Waals surface area contributed by atoms with E-state index in [4.69, 9.17) is 12.2 Å². The molecule has 1 aromatic rings. The van der Waals surface area contributed by atoms with E-state index in [1.165, 1.54) is 6.92 Å². The molecule has 1 heterocycles. The predicted molar refractivity (Wildman–Crippen MR) is 67.8 cm³/mol. The Labute approximate surface area is 118 Å². The summed E-state index contributed by atoms with van der Waals surface area (Å²) in [6.45, 7) is 1.07. The molecule has 0 aliphatic heterocycles. The SMILES string of the molecule is C#CCN(C(=O)c1cncc(C(F)(F)F)c1)C(C)C(N)=O. The molecule has 112 valence electrons. The van der Waals surface area contributed by atoms with Crippen molar-refractivity contribution in [3.8, 4) is 12.3 Å². The van der Waals surface area contributed by atoms with E-state index >= 15 is 0 Å². The zero-order valence-corrected chi connectivity index (χ0v) is 11.0. The summed E-state index contributed by atoms with van der Waals surface area (Å²) in [5, 5.41) is 0. The van der Waals surface area contributed by atoms with E-state index in [1.807, 2.05) is 0 Å². The van der Waals surface area contributed by atoms with E-state index in [1.54, 1.807) is 0 Å². The normalized spacial score (nSPS) is 12.3. The van der Waals surface area contributed by atoms with E-state index in [9.17, 15) is 22.8 Å². The average Bonchev–Trinajstić information content (AvgIpc) is 2.42. The minimum absolute atomic E-state index is 0.265. The van der Waals surface area contributed by atoms with Crippen LogP contribution in [0.15, 0.2) is 18.5 Å². The Bertz CT molecular complexity index is 593. The van der Waals surface area contributed by atoms with Crippen molar-refractivity contribution >= 4 is 11.8 Å². The Morgan fingerprint density at radius 3 is 2.57 bits per heavy atom. The second-order valence-electron chi connectivity index (χ2n) is 4.18. The van der Waals surface area contributed by atoms with E-state index in [2.05, 4.69) is 10.9 Å². The third-order valence-corrected chi connectivity index (χ3v) is 2.71. The van der Waals surface area contributed by atoms with Gasteiger partial charge < -0.3 is 10.6 Å². The molecule has 0 aliphatic carbocycles. The van der Waals surface area contributed by atoms with Crippen LogP contribution in [0.1, 0.15) is 22.8 Å². The van der Waals surface area contributed by atoms with Crippen LogP contribution in [0, 0.1) is 12.3 Å². The van der Waals surface area contributed by atoms with Gasteiger partial charge in [-0.15, -0.1) is 6.42 Å². The topological polar surface area (TPSA) is 76.3 Å². The Hall–Kier alpha value is -2.56. The summed E-state index contributed by atoms with van der Waals surface area (Å²) in [5.41, 5.74) is 3.69. The van der Waals surface area contributed by atoms with E-state index in [0.717, 1.165) is 11.1 Å². The average molecular weight is 299 g/mol. The number of carbonyl (C=O) groups is 2. The minimum atomic E-state index is -4.63. The van der Waals surface area contributed by atoms with Crippen molar-refractivity contribution in [3.05, 3.63) is 29.6 Å². The number of primary amides is 1. The monoisotopic (exact) mass is 299 g/mol. The first-order valence-corrected chi connectivity index (χ1v) is 5.74. The summed E-state index contributed by atoms with van der Waals surface area (Å²) >= 11 is 0. The smallest absolute Gasteiger partial charge is 0.368 e. The Morgan fingerprint density at radius 2 is 2.10 bits per heavy atom. The van der Waals surface area contributed by atoms with Crippen molar-refractivity contribution in [2.45, 2.75) is 19.1 Å². The van der Waals surface area contributed by atoms with Gasteiger partial charge in [0.2, 0.25) is 5.91 Å². The highest BCUT2D eigenvalue weighted by Crippen LogP contribution is 2.29. The van der Waals surface area contributed by atoms with Crippen molar-refractivity contribution in [1.29, 1.82) is 0 Å². The zero-order chi connectivity index (χ0) is 16.2. The third-order valence-electron chi connectivity index (χ3n) is 2.71. The quantitative estimate of drug-likeness (QED) is 0.844. The maximum Gasteiger partial charge on any atom is 0.417 e. The van der Waals surface area contributed by atoms with Gasteiger partial charge in [0, 0.05) is 12.4 Å². The Balaban J connectivity index is 3.16. The van der Waals surface area contributed by atoms with Gasteiger partial charge in [0.25, 0.3) is 5.91 Å². The van der Waals surface area contributed by atoms with Crippen LogP contribution in [-0.2, 0) is 11.0 Å². The number of amides is 2. The maximum absolute atomic E-state index is 12.6. The lowest BCUT2D eigenvalue weighted by Crippen LogP contribution is -2.46. The van der Waals surface area contributed by atoms with Gasteiger partial charge in [0.05, 0.1) is 17.7 Å². The second-order valence-corrected chi connectivity index (χ2v) is 4.18. The lowest BCUT2D eigenvalue weighted by molar-refractivity contribution is -0.137. The molecular formula is C13H12F3N3O2. The number of hydrogen-bond acceptors (Lipinski definition) is 3. The first kappa shape index (κ1) is 16.5.